The van der Waals surface area contributed by atoms with Crippen molar-refractivity contribution < 1.29 is 14.3 Å². The number of hydrogen-bond donors (Lipinski definition) is 1. The molecular weight excluding hydrogens is 340 g/mol. The summed E-state index contributed by atoms with van der Waals surface area (Å²) in [4.78, 5) is 26.1. The Morgan fingerprint density at radius 3 is 2.37 bits per heavy atom. The maximum Gasteiger partial charge on any atom is 0.263 e. The Bertz CT molecular complexity index is 783. The highest BCUT2D eigenvalue weighted by Crippen LogP contribution is 2.24. The molecule has 0 spiro atoms. The standard InChI is InChI=1S/C22H26N2O3/c1-16(27-20-10-6-5-9-19(20)21(23)25)22(26)24-13-11-18(12-14-24)15-17-7-3-2-4-8-17/h2-10,16,18H,11-15H2,1H3,(H2,23,25)/t16-/m0/s1. The number of piperidine rings is 1. The zero-order valence-corrected chi connectivity index (χ0v) is 15.6. The van der Waals surface area contributed by atoms with Crippen molar-refractivity contribution in [2.45, 2.75) is 32.3 Å². The molecule has 1 saturated heterocycles. The van der Waals surface area contributed by atoms with E-state index in [0.717, 1.165) is 32.4 Å². The molecule has 2 aromatic rings. The minimum absolute atomic E-state index is 0.0487. The van der Waals surface area contributed by atoms with Gasteiger partial charge in [-0.15, -0.1) is 0 Å². The number of nitrogens with two attached hydrogens (primary N) is 1. The van der Waals surface area contributed by atoms with Gasteiger partial charge in [0.05, 0.1) is 5.56 Å². The monoisotopic (exact) mass is 366 g/mol. The molecule has 5 heteroatoms. The minimum atomic E-state index is -0.656. The Morgan fingerprint density at radius 1 is 1.07 bits per heavy atom. The number of carbonyl (C=O) groups is 2. The summed E-state index contributed by atoms with van der Waals surface area (Å²) in [6, 6.07) is 17.2. The largest absolute Gasteiger partial charge is 0.480 e. The van der Waals surface area contributed by atoms with E-state index >= 15 is 0 Å². The highest BCUT2D eigenvalue weighted by Gasteiger charge is 2.27. The van der Waals surface area contributed by atoms with E-state index in [1.54, 1.807) is 31.2 Å². The first kappa shape index (κ1) is 19.0. The molecule has 27 heavy (non-hydrogen) atoms. The van der Waals surface area contributed by atoms with Crippen molar-refractivity contribution in [1.29, 1.82) is 0 Å². The maximum absolute atomic E-state index is 12.7. The second-order valence-electron chi connectivity index (χ2n) is 7.08. The first-order chi connectivity index (χ1) is 13.0. The fraction of sp³-hybridized carbons (Fsp3) is 0.364. The third-order valence-electron chi connectivity index (χ3n) is 5.10. The molecule has 1 fully saturated rings. The Hall–Kier alpha value is -2.82. The van der Waals surface area contributed by atoms with Crippen LogP contribution < -0.4 is 10.5 Å². The molecule has 1 heterocycles. The van der Waals surface area contributed by atoms with Gasteiger partial charge in [-0.2, -0.15) is 0 Å². The van der Waals surface area contributed by atoms with Gasteiger partial charge in [-0.05, 0) is 49.8 Å². The van der Waals surface area contributed by atoms with Crippen LogP contribution >= 0.6 is 0 Å². The molecule has 0 unspecified atom stereocenters. The number of amides is 2. The molecule has 0 saturated carbocycles. The van der Waals surface area contributed by atoms with Crippen LogP contribution in [0.3, 0.4) is 0 Å². The summed E-state index contributed by atoms with van der Waals surface area (Å²) in [5.74, 6) is 0.340. The van der Waals surface area contributed by atoms with Crippen LogP contribution in [0.4, 0.5) is 0 Å². The Balaban J connectivity index is 1.54. The second kappa shape index (κ2) is 8.71. The lowest BCUT2D eigenvalue weighted by atomic mass is 9.90. The van der Waals surface area contributed by atoms with Crippen molar-refractivity contribution in [2.75, 3.05) is 13.1 Å². The van der Waals surface area contributed by atoms with Crippen molar-refractivity contribution in [2.24, 2.45) is 11.7 Å². The molecule has 0 radical (unpaired) electrons. The van der Waals surface area contributed by atoms with Crippen molar-refractivity contribution in [3.8, 4) is 5.75 Å². The quantitative estimate of drug-likeness (QED) is 0.854. The third-order valence-corrected chi connectivity index (χ3v) is 5.10. The van der Waals surface area contributed by atoms with Gasteiger partial charge in [0.15, 0.2) is 6.10 Å². The summed E-state index contributed by atoms with van der Waals surface area (Å²) >= 11 is 0. The summed E-state index contributed by atoms with van der Waals surface area (Å²) < 4.78 is 5.75. The molecule has 0 aromatic heterocycles. The van der Waals surface area contributed by atoms with Crippen molar-refractivity contribution in [3.63, 3.8) is 0 Å². The summed E-state index contributed by atoms with van der Waals surface area (Å²) in [7, 11) is 0. The van der Waals surface area contributed by atoms with E-state index < -0.39 is 12.0 Å². The molecule has 3 rings (SSSR count). The molecule has 2 N–H and O–H groups in total. The summed E-state index contributed by atoms with van der Waals surface area (Å²) in [5.41, 5.74) is 7.01. The first-order valence-electron chi connectivity index (χ1n) is 9.43. The highest BCUT2D eigenvalue weighted by atomic mass is 16.5. The molecule has 1 atom stereocenters. The lowest BCUT2D eigenvalue weighted by Gasteiger charge is -2.33. The molecule has 5 nitrogen and oxygen atoms in total. The lowest BCUT2D eigenvalue weighted by molar-refractivity contribution is -0.139. The Morgan fingerprint density at radius 2 is 1.70 bits per heavy atom. The lowest BCUT2D eigenvalue weighted by Crippen LogP contribution is -2.45. The predicted octanol–water partition coefficient (Wildman–Crippen LogP) is 3.03. The Kier molecular flexibility index (Phi) is 6.12. The van der Waals surface area contributed by atoms with Gasteiger partial charge >= 0.3 is 0 Å². The summed E-state index contributed by atoms with van der Waals surface area (Å²) in [6.07, 6.45) is 2.38. The van der Waals surface area contributed by atoms with Gasteiger partial charge in [0.25, 0.3) is 11.8 Å². The number of para-hydroxylation sites is 1. The number of carbonyl (C=O) groups excluding carboxylic acids is 2. The van der Waals surface area contributed by atoms with Crippen LogP contribution in [0, 0.1) is 5.92 Å². The number of hydrogen-bond acceptors (Lipinski definition) is 3. The van der Waals surface area contributed by atoms with E-state index in [2.05, 4.69) is 24.3 Å². The van der Waals surface area contributed by atoms with Gasteiger partial charge in [0, 0.05) is 13.1 Å². The van der Waals surface area contributed by atoms with Gasteiger partial charge in [0.1, 0.15) is 5.75 Å². The van der Waals surface area contributed by atoms with E-state index in [-0.39, 0.29) is 5.91 Å². The van der Waals surface area contributed by atoms with Gasteiger partial charge < -0.3 is 15.4 Å². The van der Waals surface area contributed by atoms with Gasteiger partial charge in [0.2, 0.25) is 0 Å². The smallest absolute Gasteiger partial charge is 0.263 e. The van der Waals surface area contributed by atoms with Crippen molar-refractivity contribution in [1.82, 2.24) is 4.90 Å². The first-order valence-corrected chi connectivity index (χ1v) is 9.43. The Labute approximate surface area is 160 Å². The van der Waals surface area contributed by atoms with E-state index in [0.29, 0.717) is 17.2 Å². The van der Waals surface area contributed by atoms with E-state index in [1.165, 1.54) is 5.56 Å². The summed E-state index contributed by atoms with van der Waals surface area (Å²) in [6.45, 7) is 3.19. The summed E-state index contributed by atoms with van der Waals surface area (Å²) in [5, 5.41) is 0. The van der Waals surface area contributed by atoms with Crippen LogP contribution in [0.2, 0.25) is 0 Å². The molecule has 1 aliphatic heterocycles. The number of rotatable bonds is 6. The second-order valence-corrected chi connectivity index (χ2v) is 7.08. The third kappa shape index (κ3) is 4.88. The molecule has 1 aliphatic rings. The SMILES string of the molecule is C[C@H](Oc1ccccc1C(N)=O)C(=O)N1CCC(Cc2ccccc2)CC1. The number of primary amides is 1. The molecule has 2 aromatic carbocycles. The molecule has 0 bridgehead atoms. The number of likely N-dealkylation sites (tertiary alicyclic amines) is 1. The number of benzene rings is 2. The van der Waals surface area contributed by atoms with Crippen LogP contribution in [0.15, 0.2) is 54.6 Å². The van der Waals surface area contributed by atoms with Crippen molar-refractivity contribution >= 4 is 11.8 Å². The highest BCUT2D eigenvalue weighted by molar-refractivity contribution is 5.95. The molecular formula is C22H26N2O3. The van der Waals surface area contributed by atoms with Gasteiger partial charge in [-0.1, -0.05) is 42.5 Å². The fourth-order valence-corrected chi connectivity index (χ4v) is 3.58. The van der Waals surface area contributed by atoms with E-state index in [9.17, 15) is 9.59 Å². The predicted molar refractivity (Wildman–Crippen MR) is 104 cm³/mol. The molecule has 2 amide bonds. The van der Waals surface area contributed by atoms with Crippen LogP contribution in [-0.2, 0) is 11.2 Å². The van der Waals surface area contributed by atoms with Crippen LogP contribution in [-0.4, -0.2) is 35.9 Å². The number of nitrogens with zero attached hydrogens (tertiary/aromatic N) is 1. The number of ether oxygens (including phenoxy) is 1. The van der Waals surface area contributed by atoms with E-state index in [4.69, 9.17) is 10.5 Å². The van der Waals surface area contributed by atoms with Crippen LogP contribution in [0.1, 0.15) is 35.7 Å². The molecule has 0 aliphatic carbocycles. The zero-order valence-electron chi connectivity index (χ0n) is 15.6. The normalized spacial score (nSPS) is 16.0. The zero-order chi connectivity index (χ0) is 19.2. The average molecular weight is 366 g/mol. The fourth-order valence-electron chi connectivity index (χ4n) is 3.58. The molecule has 142 valence electrons. The average Bonchev–Trinajstić information content (AvgIpc) is 2.69. The topological polar surface area (TPSA) is 72.6 Å². The van der Waals surface area contributed by atoms with E-state index in [1.807, 2.05) is 11.0 Å². The van der Waals surface area contributed by atoms with Crippen LogP contribution in [0.5, 0.6) is 5.75 Å². The van der Waals surface area contributed by atoms with Gasteiger partial charge in [-0.25, -0.2) is 0 Å². The maximum atomic E-state index is 12.7. The minimum Gasteiger partial charge on any atom is -0.480 e. The van der Waals surface area contributed by atoms with Crippen LogP contribution in [0.25, 0.3) is 0 Å². The van der Waals surface area contributed by atoms with Crippen molar-refractivity contribution in [3.05, 3.63) is 65.7 Å². The van der Waals surface area contributed by atoms with Gasteiger partial charge in [-0.3, -0.25) is 9.59 Å².